The Hall–Kier alpha value is -1.53. The topological polar surface area (TPSA) is 105 Å². The fourth-order valence-corrected chi connectivity index (χ4v) is 4.03. The molecule has 0 aromatic carbocycles. The monoisotopic (exact) mass is 364 g/mol. The van der Waals surface area contributed by atoms with E-state index >= 15 is 0 Å². The average molecular weight is 364 g/mol. The van der Waals surface area contributed by atoms with Gasteiger partial charge in [-0.1, -0.05) is 26.7 Å². The number of hydrogen-bond acceptors (Lipinski definition) is 5. The van der Waals surface area contributed by atoms with Gasteiger partial charge in [-0.2, -0.15) is 0 Å². The van der Waals surface area contributed by atoms with E-state index in [1.807, 2.05) is 19.9 Å². The Bertz CT molecular complexity index is 597. The van der Waals surface area contributed by atoms with Crippen molar-refractivity contribution in [2.45, 2.75) is 82.6 Å². The fraction of sp³-hybridized carbons (Fsp3) is 0.750. The van der Waals surface area contributed by atoms with Crippen molar-refractivity contribution in [2.75, 3.05) is 0 Å². The van der Waals surface area contributed by atoms with E-state index in [1.54, 1.807) is 6.20 Å². The molecule has 26 heavy (non-hydrogen) atoms. The number of aliphatic hydroxyl groups is 1. The largest absolute Gasteiger partial charge is 0.490 e. The van der Waals surface area contributed by atoms with E-state index in [4.69, 9.17) is 10.5 Å². The predicted octanol–water partition coefficient (Wildman–Crippen LogP) is 2.28. The maximum absolute atomic E-state index is 11.8. The predicted molar refractivity (Wildman–Crippen MR) is 99.2 cm³/mol. The quantitative estimate of drug-likeness (QED) is 0.500. The summed E-state index contributed by atoms with van der Waals surface area (Å²) in [5.41, 5.74) is 5.20. The number of carboxylic acids is 1. The number of rotatable bonds is 9. The van der Waals surface area contributed by atoms with Gasteiger partial charge in [0, 0.05) is 25.1 Å². The molecule has 3 aliphatic rings. The zero-order valence-electron chi connectivity index (χ0n) is 15.8. The van der Waals surface area contributed by atoms with Gasteiger partial charge in [-0.15, -0.1) is 0 Å². The molecular formula is C20H32N2O4. The molecule has 5 N–H and O–H groups in total. The Kier molecular flexibility index (Phi) is 5.63. The first-order valence-corrected chi connectivity index (χ1v) is 9.83. The maximum Gasteiger partial charge on any atom is 0.337 e. The van der Waals surface area contributed by atoms with Gasteiger partial charge in [-0.05, 0) is 42.7 Å². The molecule has 146 valence electrons. The van der Waals surface area contributed by atoms with E-state index < -0.39 is 17.6 Å². The van der Waals surface area contributed by atoms with Crippen molar-refractivity contribution in [3.05, 3.63) is 23.6 Å². The summed E-state index contributed by atoms with van der Waals surface area (Å²) in [4.78, 5) is 11.8. The van der Waals surface area contributed by atoms with E-state index in [9.17, 15) is 15.0 Å². The molecule has 0 radical (unpaired) electrons. The van der Waals surface area contributed by atoms with Gasteiger partial charge in [-0.25, -0.2) is 4.79 Å². The highest BCUT2D eigenvalue weighted by Crippen LogP contribution is 2.39. The highest BCUT2D eigenvalue weighted by atomic mass is 16.5. The van der Waals surface area contributed by atoms with Crippen molar-refractivity contribution in [3.8, 4) is 0 Å². The zero-order chi connectivity index (χ0) is 18.9. The number of ether oxygens (including phenoxy) is 1. The normalized spacial score (nSPS) is 28.3. The second kappa shape index (κ2) is 7.61. The zero-order valence-corrected chi connectivity index (χ0v) is 15.8. The van der Waals surface area contributed by atoms with Gasteiger partial charge in [0.05, 0.1) is 6.04 Å². The van der Waals surface area contributed by atoms with Gasteiger partial charge in [0.15, 0.2) is 5.60 Å². The lowest BCUT2D eigenvalue weighted by molar-refractivity contribution is -0.162. The molecule has 4 atom stereocenters. The minimum Gasteiger partial charge on any atom is -0.490 e. The molecule has 0 bridgehead atoms. The fourth-order valence-electron chi connectivity index (χ4n) is 4.03. The molecule has 0 aromatic heterocycles. The van der Waals surface area contributed by atoms with Gasteiger partial charge >= 0.3 is 5.97 Å². The highest BCUT2D eigenvalue weighted by Gasteiger charge is 2.46. The molecule has 6 nitrogen and oxygen atoms in total. The molecule has 0 spiro atoms. The van der Waals surface area contributed by atoms with Gasteiger partial charge < -0.3 is 26.0 Å². The van der Waals surface area contributed by atoms with Crippen LogP contribution in [0.25, 0.3) is 0 Å². The van der Waals surface area contributed by atoms with Gasteiger partial charge in [-0.3, -0.25) is 0 Å². The van der Waals surface area contributed by atoms with Crippen LogP contribution in [0.4, 0.5) is 0 Å². The van der Waals surface area contributed by atoms with Gasteiger partial charge in [0.25, 0.3) is 0 Å². The average Bonchev–Trinajstić information content (AvgIpc) is 3.30. The summed E-state index contributed by atoms with van der Waals surface area (Å²) in [5, 5.41) is 23.8. The molecular weight excluding hydrogens is 332 g/mol. The maximum atomic E-state index is 11.8. The lowest BCUT2D eigenvalue weighted by Crippen LogP contribution is -2.57. The summed E-state index contributed by atoms with van der Waals surface area (Å²) < 4.78 is 6.07. The number of hydrogen-bond donors (Lipinski definition) is 4. The Morgan fingerprint density at radius 2 is 2.15 bits per heavy atom. The lowest BCUT2D eigenvalue weighted by Gasteiger charge is -2.35. The first-order chi connectivity index (χ1) is 12.3. The standard InChI is InChI=1S/C20H32N2O4/c1-12(2)9-18(21)20(25,19(23)24)11-16-15-10-14(6-5-13-3-4-13)26-17(15)7-8-22-16/h7-8,12-14,16,18,22,25H,3-6,9-11,21H2,1-2H3,(H,23,24)/t14?,16?,18-,20+/m0/s1. The van der Waals surface area contributed by atoms with Gasteiger partial charge in [0.2, 0.25) is 0 Å². The number of nitrogens with one attached hydrogen (secondary N) is 1. The Labute approximate surface area is 155 Å². The molecule has 1 aliphatic carbocycles. The van der Waals surface area contributed by atoms with E-state index in [0.717, 1.165) is 30.1 Å². The van der Waals surface area contributed by atoms with Crippen LogP contribution in [0.15, 0.2) is 23.6 Å². The van der Waals surface area contributed by atoms with Crippen LogP contribution in [0.2, 0.25) is 0 Å². The molecule has 2 unspecified atom stereocenters. The number of carboxylic acid groups (broad SMARTS) is 1. The van der Waals surface area contributed by atoms with Crippen molar-refractivity contribution < 1.29 is 19.7 Å². The van der Waals surface area contributed by atoms with Crippen molar-refractivity contribution in [2.24, 2.45) is 17.6 Å². The summed E-state index contributed by atoms with van der Waals surface area (Å²) in [6.07, 6.45) is 10.0. The minimum atomic E-state index is -1.96. The summed E-state index contributed by atoms with van der Waals surface area (Å²) >= 11 is 0. The molecule has 0 amide bonds. The Morgan fingerprint density at radius 3 is 2.77 bits per heavy atom. The number of carbonyl (C=O) groups is 1. The summed E-state index contributed by atoms with van der Waals surface area (Å²) in [6, 6.07) is -1.08. The van der Waals surface area contributed by atoms with Crippen LogP contribution < -0.4 is 11.1 Å². The van der Waals surface area contributed by atoms with Crippen LogP contribution in [-0.2, 0) is 9.53 Å². The van der Waals surface area contributed by atoms with Crippen LogP contribution in [-0.4, -0.2) is 40.0 Å². The SMILES string of the molecule is CC(C)C[C@H](N)[C@](O)(CC1NC=CC2=C1CC(CCC1CC1)O2)C(=O)O. The Balaban J connectivity index is 1.67. The van der Waals surface area contributed by atoms with Crippen LogP contribution >= 0.6 is 0 Å². The van der Waals surface area contributed by atoms with E-state index in [2.05, 4.69) is 5.32 Å². The summed E-state index contributed by atoms with van der Waals surface area (Å²) in [6.45, 7) is 3.94. The van der Waals surface area contributed by atoms with Crippen LogP contribution in [0.1, 0.15) is 58.8 Å². The van der Waals surface area contributed by atoms with Crippen molar-refractivity contribution >= 4 is 5.97 Å². The molecule has 0 aromatic rings. The number of dihydropyridines is 1. The second-order valence-electron chi connectivity index (χ2n) is 8.58. The molecule has 0 saturated heterocycles. The third-order valence-electron chi connectivity index (χ3n) is 5.83. The molecule has 6 heteroatoms. The lowest BCUT2D eigenvalue weighted by atomic mass is 9.80. The van der Waals surface area contributed by atoms with Crippen molar-refractivity contribution in [1.29, 1.82) is 0 Å². The van der Waals surface area contributed by atoms with E-state index in [0.29, 0.717) is 6.42 Å². The third-order valence-corrected chi connectivity index (χ3v) is 5.83. The van der Waals surface area contributed by atoms with E-state index in [1.165, 1.54) is 19.3 Å². The number of aliphatic carboxylic acids is 1. The summed E-state index contributed by atoms with van der Waals surface area (Å²) in [7, 11) is 0. The Morgan fingerprint density at radius 1 is 1.42 bits per heavy atom. The molecule has 2 heterocycles. The number of nitrogens with two attached hydrogens (primary N) is 1. The highest BCUT2D eigenvalue weighted by molar-refractivity contribution is 5.78. The first kappa shape index (κ1) is 19.2. The minimum absolute atomic E-state index is 0.0398. The van der Waals surface area contributed by atoms with Crippen molar-refractivity contribution in [3.63, 3.8) is 0 Å². The van der Waals surface area contributed by atoms with Gasteiger partial charge in [0.1, 0.15) is 11.9 Å². The first-order valence-electron chi connectivity index (χ1n) is 9.83. The van der Waals surface area contributed by atoms with Crippen LogP contribution in [0.5, 0.6) is 0 Å². The smallest absolute Gasteiger partial charge is 0.337 e. The third kappa shape index (κ3) is 4.23. The van der Waals surface area contributed by atoms with Crippen LogP contribution in [0, 0.1) is 11.8 Å². The molecule has 2 aliphatic heterocycles. The molecule has 3 rings (SSSR count). The van der Waals surface area contributed by atoms with E-state index in [-0.39, 0.29) is 24.5 Å². The van der Waals surface area contributed by atoms with Crippen molar-refractivity contribution in [1.82, 2.24) is 5.32 Å². The van der Waals surface area contributed by atoms with Crippen LogP contribution in [0.3, 0.4) is 0 Å². The number of allylic oxidation sites excluding steroid dienone is 1. The molecule has 1 saturated carbocycles. The second-order valence-corrected chi connectivity index (χ2v) is 8.58. The summed E-state index contributed by atoms with van der Waals surface area (Å²) in [5.74, 6) is 0.659. The molecule has 1 fully saturated rings.